The molecule has 1 aliphatic rings. The molecule has 0 fully saturated rings. The number of hydrogen-bond donors (Lipinski definition) is 1. The summed E-state index contributed by atoms with van der Waals surface area (Å²) in [4.78, 5) is 19.1. The monoisotopic (exact) mass is 545 g/mol. The molecule has 32 heavy (non-hydrogen) atoms. The molecule has 0 aliphatic carbocycles. The summed E-state index contributed by atoms with van der Waals surface area (Å²) in [5.74, 6) is 0.0678. The number of nitrogens with zero attached hydrogens (tertiary/aromatic N) is 3. The van der Waals surface area contributed by atoms with Crippen LogP contribution in [-0.2, 0) is 19.4 Å². The van der Waals surface area contributed by atoms with E-state index in [1.807, 2.05) is 6.07 Å². The van der Waals surface area contributed by atoms with Crippen molar-refractivity contribution < 1.29 is 30.6 Å². The van der Waals surface area contributed by atoms with Crippen LogP contribution in [0.1, 0.15) is 17.0 Å². The number of fused-ring (bicyclic) bond motifs is 3. The minimum absolute atomic E-state index is 0.158. The number of hydrogen-bond acceptors (Lipinski definition) is 4. The van der Waals surface area contributed by atoms with Crippen molar-refractivity contribution in [3.8, 4) is 11.4 Å². The van der Waals surface area contributed by atoms with Crippen LogP contribution in [0.5, 0.6) is 5.75 Å². The van der Waals surface area contributed by atoms with Gasteiger partial charge in [-0.1, -0.05) is 0 Å². The third-order valence-corrected chi connectivity index (χ3v) is 7.77. The van der Waals surface area contributed by atoms with Gasteiger partial charge in [0, 0.05) is 0 Å². The van der Waals surface area contributed by atoms with Crippen LogP contribution in [0.15, 0.2) is 59.7 Å². The SMILES string of the molecule is C[I-]n1c2c(c3ccc(-n4ccc(OCc5ccc(F)cn5)cc4=O)cc31)CCNCC2. The number of alkyl halides is 1. The Labute approximate surface area is 195 Å². The first-order valence-corrected chi connectivity index (χ1v) is 13.6. The molecule has 0 amide bonds. The van der Waals surface area contributed by atoms with Gasteiger partial charge in [0.2, 0.25) is 0 Å². The number of nitrogens with one attached hydrogen (secondary N) is 1. The number of pyridine rings is 2. The van der Waals surface area contributed by atoms with Crippen LogP contribution in [0.2, 0.25) is 0 Å². The van der Waals surface area contributed by atoms with Gasteiger partial charge in [-0.25, -0.2) is 4.39 Å². The molecule has 4 aromatic rings. The maximum atomic E-state index is 13.0. The van der Waals surface area contributed by atoms with Crippen molar-refractivity contribution in [2.45, 2.75) is 19.4 Å². The Kier molecular flexibility index (Phi) is 5.97. The maximum absolute atomic E-state index is 13.0. The van der Waals surface area contributed by atoms with Crippen molar-refractivity contribution in [3.63, 3.8) is 0 Å². The molecule has 1 aliphatic heterocycles. The molecule has 1 aromatic carbocycles. The van der Waals surface area contributed by atoms with Crippen LogP contribution in [0.4, 0.5) is 4.39 Å². The van der Waals surface area contributed by atoms with Crippen LogP contribution >= 0.6 is 0 Å². The summed E-state index contributed by atoms with van der Waals surface area (Å²) < 4.78 is 22.8. The fraction of sp³-hybridized carbons (Fsp3) is 0.250. The zero-order chi connectivity index (χ0) is 22.1. The average molecular weight is 545 g/mol. The number of benzene rings is 1. The van der Waals surface area contributed by atoms with Gasteiger partial charge in [-0.05, 0) is 6.07 Å². The Morgan fingerprint density at radius 1 is 1.16 bits per heavy atom. The predicted octanol–water partition coefficient (Wildman–Crippen LogP) is 0.0754. The average Bonchev–Trinajstić information content (AvgIpc) is 2.93. The number of aromatic nitrogens is 3. The zero-order valence-corrected chi connectivity index (χ0v) is 19.8. The minimum atomic E-state index is -0.391. The molecule has 4 heterocycles. The molecule has 1 N–H and O–H groups in total. The quantitative estimate of drug-likeness (QED) is 0.285. The summed E-state index contributed by atoms with van der Waals surface area (Å²) in [5.41, 5.74) is 5.40. The molecule has 0 spiro atoms. The molecule has 0 saturated carbocycles. The molecule has 6 nitrogen and oxygen atoms in total. The molecule has 8 heteroatoms. The molecule has 5 rings (SSSR count). The summed E-state index contributed by atoms with van der Waals surface area (Å²) >= 11 is -0.158. The van der Waals surface area contributed by atoms with E-state index in [1.165, 1.54) is 34.3 Å². The van der Waals surface area contributed by atoms with E-state index in [4.69, 9.17) is 4.74 Å². The summed E-state index contributed by atoms with van der Waals surface area (Å²) in [6.45, 7) is 2.18. The van der Waals surface area contributed by atoms with E-state index in [2.05, 4.69) is 30.1 Å². The van der Waals surface area contributed by atoms with Gasteiger partial charge in [-0.15, -0.1) is 0 Å². The Morgan fingerprint density at radius 3 is 2.81 bits per heavy atom. The van der Waals surface area contributed by atoms with Gasteiger partial charge in [0.05, 0.1) is 6.20 Å². The number of halogens is 2. The van der Waals surface area contributed by atoms with E-state index >= 15 is 0 Å². The summed E-state index contributed by atoms with van der Waals surface area (Å²) in [6.07, 6.45) is 4.97. The van der Waals surface area contributed by atoms with Crippen molar-refractivity contribution in [3.05, 3.63) is 88.0 Å². The standard InChI is InChI=1S/C24H23FIN4O2/c1-26-30-22-7-10-27-9-6-21(22)20-5-4-18(12-23(20)30)29-11-8-19(13-24(29)31)32-15-17-3-2-16(25)14-28-17/h2-5,8,11-14,27H,6-7,9-10,15H2,1H3/q-1. The molecule has 166 valence electrons. The van der Waals surface area contributed by atoms with Crippen molar-refractivity contribution in [1.29, 1.82) is 0 Å². The fourth-order valence-corrected chi connectivity index (χ4v) is 6.22. The normalized spacial score (nSPS) is 13.8. The summed E-state index contributed by atoms with van der Waals surface area (Å²) in [6, 6.07) is 12.4. The van der Waals surface area contributed by atoms with E-state index < -0.39 is 5.82 Å². The third kappa shape index (κ3) is 4.04. The van der Waals surface area contributed by atoms with Crippen LogP contribution in [0, 0.1) is 5.82 Å². The Balaban J connectivity index is 1.44. The molecule has 0 atom stereocenters. The van der Waals surface area contributed by atoms with Gasteiger partial charge in [-0.3, -0.25) is 0 Å². The molecule has 3 aromatic heterocycles. The number of rotatable bonds is 5. The second kappa shape index (κ2) is 9.03. The van der Waals surface area contributed by atoms with Crippen molar-refractivity contribution in [1.82, 2.24) is 17.6 Å². The molecular weight excluding hydrogens is 522 g/mol. The van der Waals surface area contributed by atoms with Gasteiger partial charge in [0.15, 0.2) is 0 Å². The van der Waals surface area contributed by atoms with Gasteiger partial charge in [0.1, 0.15) is 5.82 Å². The van der Waals surface area contributed by atoms with Crippen LogP contribution in [0.25, 0.3) is 16.6 Å². The first-order valence-electron chi connectivity index (χ1n) is 10.5. The van der Waals surface area contributed by atoms with Gasteiger partial charge in [0.25, 0.3) is 0 Å². The number of ether oxygens (including phenoxy) is 1. The van der Waals surface area contributed by atoms with Crippen molar-refractivity contribution >= 4 is 10.9 Å². The molecule has 0 bridgehead atoms. The summed E-state index contributed by atoms with van der Waals surface area (Å²) in [5, 5.41) is 4.79. The Morgan fingerprint density at radius 2 is 2.03 bits per heavy atom. The second-order valence-corrected chi connectivity index (χ2v) is 9.58. The zero-order valence-electron chi connectivity index (χ0n) is 17.6. The van der Waals surface area contributed by atoms with E-state index in [0.717, 1.165) is 37.8 Å². The molecule has 0 unspecified atom stereocenters. The van der Waals surface area contributed by atoms with E-state index in [0.29, 0.717) is 11.4 Å². The van der Waals surface area contributed by atoms with E-state index in [1.54, 1.807) is 22.9 Å². The van der Waals surface area contributed by atoms with E-state index in [9.17, 15) is 9.18 Å². The first-order chi connectivity index (χ1) is 15.6. The Bertz CT molecular complexity index is 1330. The second-order valence-electron chi connectivity index (χ2n) is 7.65. The molecule has 0 saturated heterocycles. The Hall–Kier alpha value is -2.72. The fourth-order valence-electron chi connectivity index (χ4n) is 4.19. The topological polar surface area (TPSA) is 61.1 Å². The van der Waals surface area contributed by atoms with Gasteiger partial charge >= 0.3 is 174 Å². The van der Waals surface area contributed by atoms with E-state index in [-0.39, 0.29) is 33.6 Å². The summed E-state index contributed by atoms with van der Waals surface area (Å²) in [7, 11) is 0. The third-order valence-electron chi connectivity index (χ3n) is 5.71. The van der Waals surface area contributed by atoms with Crippen LogP contribution in [0.3, 0.4) is 0 Å². The van der Waals surface area contributed by atoms with Gasteiger partial charge < -0.3 is 0 Å². The predicted molar refractivity (Wildman–Crippen MR) is 118 cm³/mol. The van der Waals surface area contributed by atoms with Crippen LogP contribution in [-0.4, -0.2) is 30.4 Å². The van der Waals surface area contributed by atoms with Crippen molar-refractivity contribution in [2.24, 2.45) is 0 Å². The molecular formula is C24H23FIN4O2-. The molecule has 0 radical (unpaired) electrons. The van der Waals surface area contributed by atoms with Crippen molar-refractivity contribution in [2.75, 3.05) is 18.0 Å². The van der Waals surface area contributed by atoms with Gasteiger partial charge in [-0.2, -0.15) is 0 Å². The van der Waals surface area contributed by atoms with Crippen LogP contribution < -0.4 is 37.1 Å². The first kappa shape index (κ1) is 21.1.